The van der Waals surface area contributed by atoms with Gasteiger partial charge in [-0.15, -0.1) is 0 Å². The van der Waals surface area contributed by atoms with Gasteiger partial charge < -0.3 is 5.32 Å². The third-order valence-electron chi connectivity index (χ3n) is 4.18. The number of benzene rings is 2. The first-order chi connectivity index (χ1) is 11.9. The maximum absolute atomic E-state index is 13.2. The average Bonchev–Trinajstić information content (AvgIpc) is 2.57. The first-order valence-electron chi connectivity index (χ1n) is 7.95. The third kappa shape index (κ3) is 3.88. The lowest BCUT2D eigenvalue weighted by Gasteiger charge is -2.34. The van der Waals surface area contributed by atoms with Crippen LogP contribution in [0.4, 0.5) is 4.39 Å². The number of amides is 1. The van der Waals surface area contributed by atoms with Gasteiger partial charge in [-0.05, 0) is 30.2 Å². The molecule has 1 fully saturated rings. The summed E-state index contributed by atoms with van der Waals surface area (Å²) in [6.07, 6.45) is 0. The molecule has 0 aromatic heterocycles. The summed E-state index contributed by atoms with van der Waals surface area (Å²) in [5, 5.41) is 2.68. The molecule has 7 heteroatoms. The molecule has 3 rings (SSSR count). The number of rotatable bonds is 4. The highest BCUT2D eigenvalue weighted by Crippen LogP contribution is 2.28. The van der Waals surface area contributed by atoms with Crippen LogP contribution in [0.15, 0.2) is 48.5 Å². The number of piperazine rings is 1. The highest BCUT2D eigenvalue weighted by atomic mass is 32.2. The fraction of sp³-hybridized carbons (Fsp3) is 0.278. The summed E-state index contributed by atoms with van der Waals surface area (Å²) >= 11 is 0. The minimum absolute atomic E-state index is 0.182. The number of aryl methyl sites for hydroxylation is 1. The zero-order valence-corrected chi connectivity index (χ0v) is 14.6. The van der Waals surface area contributed by atoms with Crippen molar-refractivity contribution in [2.75, 3.05) is 13.1 Å². The monoisotopic (exact) mass is 362 g/mol. The Bertz CT molecular complexity index is 864. The molecule has 1 unspecified atom stereocenters. The Labute approximate surface area is 146 Å². The largest absolute Gasteiger partial charge is 0.353 e. The van der Waals surface area contributed by atoms with Gasteiger partial charge in [-0.1, -0.05) is 42.0 Å². The van der Waals surface area contributed by atoms with Crippen LogP contribution < -0.4 is 5.32 Å². The van der Waals surface area contributed by atoms with Crippen molar-refractivity contribution in [1.29, 1.82) is 0 Å². The summed E-state index contributed by atoms with van der Waals surface area (Å²) in [4.78, 5) is 12.3. The summed E-state index contributed by atoms with van der Waals surface area (Å²) in [6, 6.07) is 11.6. The molecule has 0 saturated carbocycles. The maximum Gasteiger partial charge on any atom is 0.243 e. The molecule has 1 heterocycles. The molecule has 0 spiro atoms. The van der Waals surface area contributed by atoms with Gasteiger partial charge in [-0.25, -0.2) is 12.8 Å². The smallest absolute Gasteiger partial charge is 0.243 e. The van der Waals surface area contributed by atoms with Crippen LogP contribution in [0.5, 0.6) is 0 Å². The fourth-order valence-electron chi connectivity index (χ4n) is 2.89. The van der Waals surface area contributed by atoms with E-state index in [-0.39, 0.29) is 18.8 Å². The maximum atomic E-state index is 13.2. The van der Waals surface area contributed by atoms with Crippen LogP contribution in [-0.4, -0.2) is 31.7 Å². The van der Waals surface area contributed by atoms with E-state index in [0.717, 1.165) is 5.56 Å². The molecule has 1 aliphatic rings. The first-order valence-corrected chi connectivity index (χ1v) is 9.56. The van der Waals surface area contributed by atoms with Crippen LogP contribution in [0.1, 0.15) is 22.7 Å². The van der Waals surface area contributed by atoms with E-state index < -0.39 is 27.8 Å². The lowest BCUT2D eigenvalue weighted by molar-refractivity contribution is -0.126. The summed E-state index contributed by atoms with van der Waals surface area (Å²) < 4.78 is 40.2. The van der Waals surface area contributed by atoms with Crippen molar-refractivity contribution in [1.82, 2.24) is 9.62 Å². The molecule has 1 aliphatic heterocycles. The van der Waals surface area contributed by atoms with Gasteiger partial charge in [0.15, 0.2) is 0 Å². The predicted molar refractivity (Wildman–Crippen MR) is 92.7 cm³/mol. The molecular weight excluding hydrogens is 343 g/mol. The van der Waals surface area contributed by atoms with Crippen molar-refractivity contribution in [3.05, 3.63) is 71.0 Å². The lowest BCUT2D eigenvalue weighted by atomic mass is 10.0. The highest BCUT2D eigenvalue weighted by Gasteiger charge is 2.38. The first kappa shape index (κ1) is 17.6. The Kier molecular flexibility index (Phi) is 4.87. The second-order valence-electron chi connectivity index (χ2n) is 6.10. The van der Waals surface area contributed by atoms with E-state index in [0.29, 0.717) is 11.1 Å². The molecule has 1 amide bonds. The van der Waals surface area contributed by atoms with Crippen molar-refractivity contribution < 1.29 is 17.6 Å². The summed E-state index contributed by atoms with van der Waals surface area (Å²) in [6.45, 7) is 2.36. The molecular formula is C18H19FN2O3S. The number of sulfonamides is 1. The summed E-state index contributed by atoms with van der Waals surface area (Å²) in [5.74, 6) is -1.02. The van der Waals surface area contributed by atoms with Crippen LogP contribution in [0.3, 0.4) is 0 Å². The van der Waals surface area contributed by atoms with Crippen molar-refractivity contribution in [2.24, 2.45) is 0 Å². The van der Waals surface area contributed by atoms with Gasteiger partial charge in [0.1, 0.15) is 11.9 Å². The number of nitrogens with zero attached hydrogens (tertiary/aromatic N) is 1. The van der Waals surface area contributed by atoms with E-state index in [2.05, 4.69) is 5.32 Å². The van der Waals surface area contributed by atoms with Crippen LogP contribution in [-0.2, 0) is 20.6 Å². The summed E-state index contributed by atoms with van der Waals surface area (Å²) in [5.41, 5.74) is 2.16. The SMILES string of the molecule is Cc1ccc(CS(=O)(=O)N2CCNC(=O)C2c2ccc(F)cc2)cc1. The molecule has 1 N–H and O–H groups in total. The Morgan fingerprint density at radius 3 is 2.40 bits per heavy atom. The topological polar surface area (TPSA) is 66.5 Å². The third-order valence-corrected chi connectivity index (χ3v) is 5.99. The normalized spacial score (nSPS) is 18.8. The highest BCUT2D eigenvalue weighted by molar-refractivity contribution is 7.88. The van der Waals surface area contributed by atoms with Gasteiger partial charge in [-0.2, -0.15) is 4.31 Å². The van der Waals surface area contributed by atoms with E-state index in [1.165, 1.54) is 28.6 Å². The Hall–Kier alpha value is -2.25. The van der Waals surface area contributed by atoms with Gasteiger partial charge in [-0.3, -0.25) is 4.79 Å². The number of carbonyl (C=O) groups excluding carboxylic acids is 1. The van der Waals surface area contributed by atoms with E-state index in [4.69, 9.17) is 0 Å². The van der Waals surface area contributed by atoms with Crippen LogP contribution >= 0.6 is 0 Å². The number of hydrogen-bond acceptors (Lipinski definition) is 3. The molecule has 0 aliphatic carbocycles. The zero-order valence-electron chi connectivity index (χ0n) is 13.8. The van der Waals surface area contributed by atoms with Crippen LogP contribution in [0.2, 0.25) is 0 Å². The van der Waals surface area contributed by atoms with Gasteiger partial charge in [0.05, 0.1) is 5.75 Å². The molecule has 2 aromatic rings. The second kappa shape index (κ2) is 6.93. The molecule has 0 radical (unpaired) electrons. The number of hydrogen-bond donors (Lipinski definition) is 1. The van der Waals surface area contributed by atoms with Gasteiger partial charge in [0, 0.05) is 13.1 Å². The van der Waals surface area contributed by atoms with Gasteiger partial charge >= 0.3 is 0 Å². The number of halogens is 1. The van der Waals surface area contributed by atoms with Crippen molar-refractivity contribution in [3.63, 3.8) is 0 Å². The fourth-order valence-corrected chi connectivity index (χ4v) is 4.57. The molecule has 132 valence electrons. The van der Waals surface area contributed by atoms with Crippen molar-refractivity contribution in [2.45, 2.75) is 18.7 Å². The lowest BCUT2D eigenvalue weighted by Crippen LogP contribution is -2.52. The second-order valence-corrected chi connectivity index (χ2v) is 8.02. The minimum Gasteiger partial charge on any atom is -0.353 e. The van der Waals surface area contributed by atoms with Crippen molar-refractivity contribution >= 4 is 15.9 Å². The van der Waals surface area contributed by atoms with E-state index >= 15 is 0 Å². The molecule has 2 aromatic carbocycles. The van der Waals surface area contributed by atoms with Gasteiger partial charge in [0.25, 0.3) is 0 Å². The van der Waals surface area contributed by atoms with E-state index in [1.807, 2.05) is 19.1 Å². The predicted octanol–water partition coefficient (Wildman–Crippen LogP) is 2.14. The zero-order chi connectivity index (χ0) is 18.0. The minimum atomic E-state index is -3.71. The van der Waals surface area contributed by atoms with Crippen LogP contribution in [0.25, 0.3) is 0 Å². The molecule has 25 heavy (non-hydrogen) atoms. The quantitative estimate of drug-likeness (QED) is 0.906. The standard InChI is InChI=1S/C18H19FN2O3S/c1-13-2-4-14(5-3-13)12-25(23,24)21-11-10-20-18(22)17(21)15-6-8-16(19)9-7-15/h2-9,17H,10-12H2,1H3,(H,20,22). The number of nitrogens with one attached hydrogen (secondary N) is 1. The molecule has 0 bridgehead atoms. The number of carbonyl (C=O) groups is 1. The summed E-state index contributed by atoms with van der Waals surface area (Å²) in [7, 11) is -3.71. The van der Waals surface area contributed by atoms with E-state index in [1.54, 1.807) is 12.1 Å². The average molecular weight is 362 g/mol. The Morgan fingerprint density at radius 1 is 1.12 bits per heavy atom. The van der Waals surface area contributed by atoms with Crippen molar-refractivity contribution in [3.8, 4) is 0 Å². The molecule has 5 nitrogen and oxygen atoms in total. The Balaban J connectivity index is 1.92. The molecule has 1 saturated heterocycles. The Morgan fingerprint density at radius 2 is 1.76 bits per heavy atom. The van der Waals surface area contributed by atoms with Crippen LogP contribution in [0, 0.1) is 12.7 Å². The van der Waals surface area contributed by atoms with E-state index in [9.17, 15) is 17.6 Å². The molecule has 1 atom stereocenters. The van der Waals surface area contributed by atoms with Gasteiger partial charge in [0.2, 0.25) is 15.9 Å².